The second-order valence-corrected chi connectivity index (χ2v) is 8.54. The number of amides is 2. The normalized spacial score (nSPS) is 22.2. The molecule has 170 valence electrons. The number of carbonyl (C=O) groups excluding carboxylic acids is 2. The maximum atomic E-state index is 14.0. The molecular weight excluding hydrogens is 428 g/mol. The lowest BCUT2D eigenvalue weighted by Gasteiger charge is -2.45. The standard InChI is InChI=1S/C23H22F4N2O3/c1-13-8-19(25)17(9-18(13)24)20(30)28-15-10-23(11-15)6-7-29(12-23)21(31)14-2-4-16(5-3-14)32-22(26)27/h2-5,8-9,15,22H,6-7,10-12H2,1H3,(H,28,30). The van der Waals surface area contributed by atoms with E-state index in [1.165, 1.54) is 31.2 Å². The van der Waals surface area contributed by atoms with Crippen LogP contribution in [0.2, 0.25) is 0 Å². The molecule has 2 aromatic carbocycles. The molecule has 0 bridgehead atoms. The second-order valence-electron chi connectivity index (χ2n) is 8.54. The Kier molecular flexibility index (Phi) is 5.83. The average molecular weight is 450 g/mol. The lowest BCUT2D eigenvalue weighted by atomic mass is 9.65. The molecule has 9 heteroatoms. The summed E-state index contributed by atoms with van der Waals surface area (Å²) in [6.45, 7) is -0.439. The molecule has 1 spiro atoms. The number of benzene rings is 2. The van der Waals surface area contributed by atoms with Crippen molar-refractivity contribution in [1.82, 2.24) is 10.2 Å². The first-order chi connectivity index (χ1) is 15.2. The molecule has 0 atom stereocenters. The second kappa shape index (κ2) is 8.44. The third kappa shape index (κ3) is 4.42. The fraction of sp³-hybridized carbons (Fsp3) is 0.391. The number of nitrogens with zero attached hydrogens (tertiary/aromatic N) is 1. The number of hydrogen-bond donors (Lipinski definition) is 1. The van der Waals surface area contributed by atoms with Gasteiger partial charge in [0.1, 0.15) is 17.4 Å². The molecule has 1 saturated carbocycles. The molecule has 1 heterocycles. The first-order valence-electron chi connectivity index (χ1n) is 10.3. The SMILES string of the molecule is Cc1cc(F)c(C(=O)NC2CC3(CCN(C(=O)c4ccc(OC(F)F)cc4)C3)C2)cc1F. The summed E-state index contributed by atoms with van der Waals surface area (Å²) in [7, 11) is 0. The number of likely N-dealkylation sites (tertiary alicyclic amines) is 1. The molecule has 1 aliphatic carbocycles. The molecule has 0 aromatic heterocycles. The maximum Gasteiger partial charge on any atom is 0.387 e. The quantitative estimate of drug-likeness (QED) is 0.692. The van der Waals surface area contributed by atoms with E-state index < -0.39 is 24.2 Å². The smallest absolute Gasteiger partial charge is 0.387 e. The van der Waals surface area contributed by atoms with Gasteiger partial charge in [-0.2, -0.15) is 8.78 Å². The van der Waals surface area contributed by atoms with Crippen LogP contribution in [-0.4, -0.2) is 42.5 Å². The van der Waals surface area contributed by atoms with Crippen molar-refractivity contribution < 1.29 is 31.9 Å². The van der Waals surface area contributed by atoms with E-state index in [-0.39, 0.29) is 34.2 Å². The summed E-state index contributed by atoms with van der Waals surface area (Å²) in [6.07, 6.45) is 2.05. The van der Waals surface area contributed by atoms with E-state index in [1.807, 2.05) is 0 Å². The maximum absolute atomic E-state index is 14.0. The van der Waals surface area contributed by atoms with Gasteiger partial charge in [-0.25, -0.2) is 8.78 Å². The van der Waals surface area contributed by atoms with Crippen molar-refractivity contribution in [3.63, 3.8) is 0 Å². The van der Waals surface area contributed by atoms with Crippen molar-refractivity contribution in [3.8, 4) is 5.75 Å². The van der Waals surface area contributed by atoms with Crippen LogP contribution >= 0.6 is 0 Å². The Balaban J connectivity index is 1.31. The van der Waals surface area contributed by atoms with Crippen LogP contribution in [0.5, 0.6) is 5.75 Å². The highest BCUT2D eigenvalue weighted by molar-refractivity contribution is 5.95. The van der Waals surface area contributed by atoms with Crippen molar-refractivity contribution in [3.05, 3.63) is 64.7 Å². The Morgan fingerprint density at radius 1 is 1.12 bits per heavy atom. The predicted octanol–water partition coefficient (Wildman–Crippen LogP) is 4.30. The minimum Gasteiger partial charge on any atom is -0.435 e. The van der Waals surface area contributed by atoms with Gasteiger partial charge in [0.05, 0.1) is 5.56 Å². The molecule has 1 saturated heterocycles. The molecular formula is C23H22F4N2O3. The number of rotatable bonds is 5. The van der Waals surface area contributed by atoms with Gasteiger partial charge in [-0.05, 0) is 73.6 Å². The zero-order valence-electron chi connectivity index (χ0n) is 17.3. The van der Waals surface area contributed by atoms with E-state index in [1.54, 1.807) is 4.90 Å². The number of carbonyl (C=O) groups is 2. The van der Waals surface area contributed by atoms with Crippen LogP contribution in [0.1, 0.15) is 45.5 Å². The Hall–Kier alpha value is -3.10. The van der Waals surface area contributed by atoms with Gasteiger partial charge in [0.15, 0.2) is 0 Å². The molecule has 1 aliphatic heterocycles. The van der Waals surface area contributed by atoms with E-state index in [0.717, 1.165) is 18.6 Å². The number of nitrogens with one attached hydrogen (secondary N) is 1. The monoisotopic (exact) mass is 450 g/mol. The Labute approximate surface area is 182 Å². The summed E-state index contributed by atoms with van der Waals surface area (Å²) < 4.78 is 56.5. The Morgan fingerprint density at radius 2 is 1.81 bits per heavy atom. The predicted molar refractivity (Wildman–Crippen MR) is 108 cm³/mol. The van der Waals surface area contributed by atoms with Crippen molar-refractivity contribution in [1.29, 1.82) is 0 Å². The molecule has 1 N–H and O–H groups in total. The summed E-state index contributed by atoms with van der Waals surface area (Å²) in [5.74, 6) is -2.27. The number of alkyl halides is 2. The topological polar surface area (TPSA) is 58.6 Å². The van der Waals surface area contributed by atoms with Crippen molar-refractivity contribution in [2.45, 2.75) is 38.8 Å². The Bertz CT molecular complexity index is 1040. The first kappa shape index (κ1) is 22.1. The van der Waals surface area contributed by atoms with Crippen molar-refractivity contribution in [2.24, 2.45) is 5.41 Å². The van der Waals surface area contributed by atoms with Crippen molar-refractivity contribution >= 4 is 11.8 Å². The van der Waals surface area contributed by atoms with E-state index in [0.29, 0.717) is 31.5 Å². The molecule has 2 aliphatic rings. The molecule has 0 unspecified atom stereocenters. The number of aryl methyl sites for hydroxylation is 1. The van der Waals surface area contributed by atoms with E-state index in [4.69, 9.17) is 0 Å². The van der Waals surface area contributed by atoms with E-state index >= 15 is 0 Å². The summed E-state index contributed by atoms with van der Waals surface area (Å²) in [5.41, 5.74) is 0.0680. The first-order valence-corrected chi connectivity index (χ1v) is 10.3. The third-order valence-corrected chi connectivity index (χ3v) is 6.24. The highest BCUT2D eigenvalue weighted by Gasteiger charge is 2.50. The van der Waals surface area contributed by atoms with Gasteiger partial charge in [-0.3, -0.25) is 9.59 Å². The summed E-state index contributed by atoms with van der Waals surface area (Å²) >= 11 is 0. The molecule has 4 rings (SSSR count). The summed E-state index contributed by atoms with van der Waals surface area (Å²) in [4.78, 5) is 26.8. The number of hydrogen-bond acceptors (Lipinski definition) is 3. The van der Waals surface area contributed by atoms with Gasteiger partial charge >= 0.3 is 6.61 Å². The fourth-order valence-electron chi connectivity index (χ4n) is 4.57. The fourth-order valence-corrected chi connectivity index (χ4v) is 4.57. The van der Waals surface area contributed by atoms with Crippen LogP contribution in [0.15, 0.2) is 36.4 Å². The number of ether oxygens (including phenoxy) is 1. The largest absolute Gasteiger partial charge is 0.435 e. The molecule has 2 aromatic rings. The van der Waals surface area contributed by atoms with E-state index in [2.05, 4.69) is 10.1 Å². The molecule has 2 amide bonds. The van der Waals surface area contributed by atoms with Gasteiger partial charge in [0.25, 0.3) is 11.8 Å². The molecule has 2 fully saturated rings. The van der Waals surface area contributed by atoms with Crippen LogP contribution in [0, 0.1) is 24.0 Å². The van der Waals surface area contributed by atoms with Crippen LogP contribution in [-0.2, 0) is 0 Å². The highest BCUT2D eigenvalue weighted by Crippen LogP contribution is 2.48. The summed E-state index contributed by atoms with van der Waals surface area (Å²) in [5, 5.41) is 2.74. The minimum absolute atomic E-state index is 0.0167. The van der Waals surface area contributed by atoms with Gasteiger partial charge in [-0.1, -0.05) is 0 Å². The molecule has 32 heavy (non-hydrogen) atoms. The van der Waals surface area contributed by atoms with Crippen molar-refractivity contribution in [2.75, 3.05) is 13.1 Å². The van der Waals surface area contributed by atoms with Gasteiger partial charge in [0, 0.05) is 24.7 Å². The zero-order chi connectivity index (χ0) is 23.0. The van der Waals surface area contributed by atoms with Crippen LogP contribution in [0.25, 0.3) is 0 Å². The zero-order valence-corrected chi connectivity index (χ0v) is 17.3. The highest BCUT2D eigenvalue weighted by atomic mass is 19.3. The lowest BCUT2D eigenvalue weighted by molar-refractivity contribution is -0.0498. The number of halogens is 4. The molecule has 5 nitrogen and oxygen atoms in total. The summed E-state index contributed by atoms with van der Waals surface area (Å²) in [6, 6.07) is 7.28. The van der Waals surface area contributed by atoms with Gasteiger partial charge in [-0.15, -0.1) is 0 Å². The van der Waals surface area contributed by atoms with E-state index in [9.17, 15) is 27.2 Å². The lowest BCUT2D eigenvalue weighted by Crippen LogP contribution is -2.52. The minimum atomic E-state index is -2.93. The van der Waals surface area contributed by atoms with Gasteiger partial charge in [0.2, 0.25) is 0 Å². The Morgan fingerprint density at radius 3 is 2.47 bits per heavy atom. The van der Waals surface area contributed by atoms with Crippen LogP contribution in [0.3, 0.4) is 0 Å². The van der Waals surface area contributed by atoms with Crippen LogP contribution < -0.4 is 10.1 Å². The third-order valence-electron chi connectivity index (χ3n) is 6.24. The molecule has 0 radical (unpaired) electrons. The van der Waals surface area contributed by atoms with Crippen LogP contribution in [0.4, 0.5) is 17.6 Å². The van der Waals surface area contributed by atoms with Gasteiger partial charge < -0.3 is 15.0 Å². The average Bonchev–Trinajstić information content (AvgIpc) is 3.15.